The highest BCUT2D eigenvalue weighted by Crippen LogP contribution is 2.37. The van der Waals surface area contributed by atoms with Crippen molar-refractivity contribution in [1.29, 1.82) is 0 Å². The number of alkyl carbamates (subject to hydrolysis) is 1. The van der Waals surface area contributed by atoms with Crippen LogP contribution in [0.5, 0.6) is 5.75 Å². The fraction of sp³-hybridized carbons (Fsp3) is 0.441. The quantitative estimate of drug-likeness (QED) is 0.212. The maximum atomic E-state index is 14.2. The van der Waals surface area contributed by atoms with Crippen LogP contribution in [0.3, 0.4) is 0 Å². The molecule has 0 unspecified atom stereocenters. The topological polar surface area (TPSA) is 107 Å². The van der Waals surface area contributed by atoms with Gasteiger partial charge < -0.3 is 28.5 Å². The van der Waals surface area contributed by atoms with Gasteiger partial charge >= 0.3 is 6.09 Å². The van der Waals surface area contributed by atoms with Crippen molar-refractivity contribution < 1.29 is 32.3 Å². The molecule has 0 aliphatic carbocycles. The Hall–Kier alpha value is -3.96. The van der Waals surface area contributed by atoms with E-state index >= 15 is 0 Å². The smallest absolute Gasteiger partial charge is 0.407 e. The molecule has 11 heteroatoms. The SMILES string of the molecule is CC(C)(C)OC(=O)NCCN(Cc1ccc(F)cc1)C(=O)c1oc(CO[Si](C)(C)C(C)(C)C)cc(=O)c1OCc1ccccc1. The Balaban J connectivity index is 1.97. The molecule has 9 nitrogen and oxygen atoms in total. The number of halogens is 1. The van der Waals surface area contributed by atoms with Gasteiger partial charge in [-0.2, -0.15) is 0 Å². The average molecular weight is 641 g/mol. The second-order valence-electron chi connectivity index (χ2n) is 13.3. The third-order valence-electron chi connectivity index (χ3n) is 7.38. The average Bonchev–Trinajstić information content (AvgIpc) is 2.94. The minimum atomic E-state index is -2.22. The van der Waals surface area contributed by atoms with E-state index in [9.17, 15) is 18.8 Å². The van der Waals surface area contributed by atoms with Crippen LogP contribution in [0, 0.1) is 5.82 Å². The Bertz CT molecular complexity index is 1490. The molecule has 2 aromatic carbocycles. The van der Waals surface area contributed by atoms with Crippen LogP contribution >= 0.6 is 0 Å². The van der Waals surface area contributed by atoms with Crippen LogP contribution in [-0.2, 0) is 28.9 Å². The zero-order valence-corrected chi connectivity index (χ0v) is 28.5. The summed E-state index contributed by atoms with van der Waals surface area (Å²) in [6, 6.07) is 16.2. The monoisotopic (exact) mass is 640 g/mol. The first-order valence-electron chi connectivity index (χ1n) is 14.9. The van der Waals surface area contributed by atoms with Gasteiger partial charge in [-0.1, -0.05) is 63.2 Å². The molecular formula is C34H45FN2O7Si. The van der Waals surface area contributed by atoms with Crippen molar-refractivity contribution in [3.05, 3.63) is 99.4 Å². The first kappa shape index (κ1) is 35.5. The Labute approximate surface area is 265 Å². The third kappa shape index (κ3) is 10.9. The minimum absolute atomic E-state index is 0.00311. The van der Waals surface area contributed by atoms with E-state index in [4.69, 9.17) is 18.3 Å². The van der Waals surface area contributed by atoms with Gasteiger partial charge in [-0.15, -0.1) is 0 Å². The number of rotatable bonds is 12. The molecule has 0 fully saturated rings. The summed E-state index contributed by atoms with van der Waals surface area (Å²) >= 11 is 0. The first-order chi connectivity index (χ1) is 20.9. The lowest BCUT2D eigenvalue weighted by Crippen LogP contribution is -2.41. The van der Waals surface area contributed by atoms with Gasteiger partial charge in [-0.25, -0.2) is 9.18 Å². The molecule has 1 heterocycles. The van der Waals surface area contributed by atoms with E-state index in [1.165, 1.54) is 23.1 Å². The molecule has 1 aromatic heterocycles. The summed E-state index contributed by atoms with van der Waals surface area (Å²) in [7, 11) is -2.22. The molecule has 0 radical (unpaired) electrons. The van der Waals surface area contributed by atoms with Crippen LogP contribution in [0.25, 0.3) is 0 Å². The van der Waals surface area contributed by atoms with Gasteiger partial charge in [0.05, 0.1) is 6.61 Å². The van der Waals surface area contributed by atoms with Crippen LogP contribution in [0.2, 0.25) is 18.1 Å². The number of benzene rings is 2. The van der Waals surface area contributed by atoms with Crippen molar-refractivity contribution >= 4 is 20.3 Å². The Morgan fingerprint density at radius 3 is 2.18 bits per heavy atom. The number of amides is 2. The number of hydrogen-bond donors (Lipinski definition) is 1. The van der Waals surface area contributed by atoms with Crippen LogP contribution in [0.1, 0.15) is 69.0 Å². The second kappa shape index (κ2) is 14.9. The molecule has 45 heavy (non-hydrogen) atoms. The highest BCUT2D eigenvalue weighted by Gasteiger charge is 2.37. The van der Waals surface area contributed by atoms with Gasteiger partial charge in [0, 0.05) is 25.7 Å². The van der Waals surface area contributed by atoms with Crippen molar-refractivity contribution in [2.24, 2.45) is 0 Å². The van der Waals surface area contributed by atoms with Crippen molar-refractivity contribution in [1.82, 2.24) is 10.2 Å². The van der Waals surface area contributed by atoms with E-state index in [0.717, 1.165) is 5.56 Å². The molecule has 0 saturated heterocycles. The maximum absolute atomic E-state index is 14.2. The molecule has 3 rings (SSSR count). The van der Waals surface area contributed by atoms with E-state index in [2.05, 4.69) is 39.2 Å². The molecule has 1 N–H and O–H groups in total. The van der Waals surface area contributed by atoms with Crippen LogP contribution in [-0.4, -0.2) is 43.9 Å². The molecule has 0 bridgehead atoms. The molecular weight excluding hydrogens is 595 g/mol. The van der Waals surface area contributed by atoms with Gasteiger partial charge in [0.25, 0.3) is 5.91 Å². The van der Waals surface area contributed by atoms with Crippen LogP contribution in [0.4, 0.5) is 9.18 Å². The molecule has 0 spiro atoms. The lowest BCUT2D eigenvalue weighted by molar-refractivity contribution is 0.0509. The highest BCUT2D eigenvalue weighted by atomic mass is 28.4. The number of carbonyl (C=O) groups is 2. The fourth-order valence-corrected chi connectivity index (χ4v) is 4.83. The van der Waals surface area contributed by atoms with Gasteiger partial charge in [0.2, 0.25) is 16.9 Å². The van der Waals surface area contributed by atoms with Crippen LogP contribution < -0.4 is 15.5 Å². The predicted molar refractivity (Wildman–Crippen MR) is 173 cm³/mol. The van der Waals surface area contributed by atoms with E-state index in [0.29, 0.717) is 5.56 Å². The molecule has 0 aliphatic rings. The van der Waals surface area contributed by atoms with Crippen molar-refractivity contribution in [3.8, 4) is 5.75 Å². The van der Waals surface area contributed by atoms with E-state index in [1.54, 1.807) is 32.9 Å². The molecule has 0 atom stereocenters. The van der Waals surface area contributed by atoms with E-state index < -0.39 is 37.2 Å². The summed E-state index contributed by atoms with van der Waals surface area (Å²) in [6.45, 7) is 15.9. The number of nitrogens with zero attached hydrogens (tertiary/aromatic N) is 1. The normalized spacial score (nSPS) is 12.0. The Morgan fingerprint density at radius 2 is 1.58 bits per heavy atom. The molecule has 0 saturated carbocycles. The van der Waals surface area contributed by atoms with Gasteiger partial charge in [-0.3, -0.25) is 9.59 Å². The lowest BCUT2D eigenvalue weighted by Gasteiger charge is -2.35. The van der Waals surface area contributed by atoms with Gasteiger partial charge in [-0.05, 0) is 62.2 Å². The standard InChI is InChI=1S/C34H45FN2O7Si/c1-33(2,3)44-32(40)36-18-19-37(21-24-14-16-26(35)17-15-24)31(39)30-29(41-22-25-12-10-9-11-13-25)28(38)20-27(43-30)23-42-45(7,8)34(4,5)6/h9-17,20H,18-19,21-23H2,1-8H3,(H,36,40). The first-order valence-corrected chi connectivity index (χ1v) is 17.8. The van der Waals surface area contributed by atoms with E-state index in [1.807, 2.05) is 30.3 Å². The molecule has 0 aliphatic heterocycles. The Morgan fingerprint density at radius 1 is 0.933 bits per heavy atom. The van der Waals surface area contributed by atoms with Crippen molar-refractivity contribution in [2.45, 2.75) is 85.0 Å². The molecule has 3 aromatic rings. The third-order valence-corrected chi connectivity index (χ3v) is 11.9. The zero-order valence-electron chi connectivity index (χ0n) is 27.5. The maximum Gasteiger partial charge on any atom is 0.407 e. The summed E-state index contributed by atoms with van der Waals surface area (Å²) in [4.78, 5) is 41.3. The van der Waals surface area contributed by atoms with Gasteiger partial charge in [0.15, 0.2) is 8.32 Å². The number of hydrogen-bond acceptors (Lipinski definition) is 7. The van der Waals surface area contributed by atoms with Crippen molar-refractivity contribution in [2.75, 3.05) is 13.1 Å². The number of ether oxygens (including phenoxy) is 2. The summed E-state index contributed by atoms with van der Waals surface area (Å²) in [5.41, 5.74) is 0.205. The fourth-order valence-electron chi connectivity index (χ4n) is 3.89. The van der Waals surface area contributed by atoms with E-state index in [-0.39, 0.29) is 55.2 Å². The lowest BCUT2D eigenvalue weighted by atomic mass is 10.2. The van der Waals surface area contributed by atoms with Crippen LogP contribution in [0.15, 0.2) is 69.9 Å². The Kier molecular flexibility index (Phi) is 11.7. The summed E-state index contributed by atoms with van der Waals surface area (Å²) in [5, 5.41) is 2.57. The summed E-state index contributed by atoms with van der Waals surface area (Å²) < 4.78 is 37.3. The molecule has 244 valence electrons. The second-order valence-corrected chi connectivity index (χ2v) is 18.1. The summed E-state index contributed by atoms with van der Waals surface area (Å²) in [5.74, 6) is -1.38. The number of nitrogens with one attached hydrogen (secondary N) is 1. The predicted octanol–water partition coefficient (Wildman–Crippen LogP) is 7.05. The molecule has 2 amide bonds. The van der Waals surface area contributed by atoms with Crippen molar-refractivity contribution in [3.63, 3.8) is 0 Å². The largest absolute Gasteiger partial charge is 0.481 e. The summed E-state index contributed by atoms with van der Waals surface area (Å²) in [6.07, 6.45) is -0.639. The van der Waals surface area contributed by atoms with Gasteiger partial charge in [0.1, 0.15) is 23.8 Å². The number of carbonyl (C=O) groups excluding carboxylic acids is 2. The highest BCUT2D eigenvalue weighted by molar-refractivity contribution is 6.74. The minimum Gasteiger partial charge on any atom is -0.481 e. The zero-order chi connectivity index (χ0) is 33.4.